The van der Waals surface area contributed by atoms with Crippen molar-refractivity contribution in [2.75, 3.05) is 0 Å². The van der Waals surface area contributed by atoms with Crippen molar-refractivity contribution >= 4 is 55.8 Å². The van der Waals surface area contributed by atoms with Crippen LogP contribution in [-0.4, -0.2) is 28.7 Å². The molecule has 0 fully saturated rings. The van der Waals surface area contributed by atoms with Crippen LogP contribution in [0, 0.1) is 0 Å². The summed E-state index contributed by atoms with van der Waals surface area (Å²) in [6, 6.07) is 99.6. The normalized spacial score (nSPS) is 11.7. The van der Waals surface area contributed by atoms with Crippen LogP contribution in [0.1, 0.15) is 11.4 Å². The highest BCUT2D eigenvalue weighted by Gasteiger charge is 2.25. The molecule has 0 saturated heterocycles. The van der Waals surface area contributed by atoms with Gasteiger partial charge in [0.05, 0.1) is 27.8 Å². The number of hydrogen-bond donors (Lipinski definition) is 0. The number of nitrogens with zero attached hydrogens (tertiary/aromatic N) is 6. The highest BCUT2D eigenvalue weighted by Crippen LogP contribution is 2.46. The lowest BCUT2D eigenvalue weighted by Gasteiger charge is -2.21. The monoisotopic (exact) mass is 1110 g/mol. The fourth-order valence-corrected chi connectivity index (χ4v) is 12.4. The van der Waals surface area contributed by atoms with E-state index >= 15 is 0 Å². The summed E-state index contributed by atoms with van der Waals surface area (Å²) in [4.78, 5) is 16.3. The number of allylic oxidation sites excluding steroid dienone is 4. The number of benzene rings is 11. The molecule has 15 rings (SSSR count). The van der Waals surface area contributed by atoms with E-state index in [1.165, 1.54) is 0 Å². The van der Waals surface area contributed by atoms with Crippen molar-refractivity contribution in [1.82, 2.24) is 28.7 Å². The maximum atomic E-state index is 5.54. The van der Waals surface area contributed by atoms with Gasteiger partial charge in [-0.25, -0.2) is 15.0 Å². The quantitative estimate of drug-likeness (QED) is 0.102. The van der Waals surface area contributed by atoms with Crippen molar-refractivity contribution in [3.8, 4) is 95.7 Å². The second kappa shape index (κ2) is 22.4. The molecule has 6 nitrogen and oxygen atoms in total. The van der Waals surface area contributed by atoms with Gasteiger partial charge in [-0.1, -0.05) is 226 Å². The van der Waals surface area contributed by atoms with Gasteiger partial charge in [-0.3, -0.25) is 0 Å². The zero-order valence-corrected chi connectivity index (χ0v) is 47.6. The Kier molecular flexibility index (Phi) is 13.4. The third-order valence-corrected chi connectivity index (χ3v) is 16.4. The van der Waals surface area contributed by atoms with Crippen molar-refractivity contribution in [3.05, 3.63) is 328 Å². The summed E-state index contributed by atoms with van der Waals surface area (Å²) in [5, 5.41) is 4.52. The number of rotatable bonds is 14. The maximum Gasteiger partial charge on any atom is 0.164 e. The van der Waals surface area contributed by atoms with Crippen LogP contribution in [0.5, 0.6) is 0 Å². The molecule has 0 unspecified atom stereocenters. The number of para-hydroxylation sites is 2. The zero-order chi connectivity index (χ0) is 58.2. The summed E-state index contributed by atoms with van der Waals surface area (Å²) in [5.74, 6) is 1.72. The summed E-state index contributed by atoms with van der Waals surface area (Å²) in [6.45, 7) is 8.06. The Balaban J connectivity index is 1.02. The lowest BCUT2D eigenvalue weighted by molar-refractivity contribution is 1.07. The average molecular weight is 1110 g/mol. The molecule has 0 spiro atoms. The van der Waals surface area contributed by atoms with Crippen LogP contribution in [0.15, 0.2) is 317 Å². The molecule has 0 radical (unpaired) electrons. The van der Waals surface area contributed by atoms with E-state index in [9.17, 15) is 0 Å². The van der Waals surface area contributed by atoms with Gasteiger partial charge in [-0.2, -0.15) is 0 Å². The average Bonchev–Trinajstić information content (AvgIpc) is 1.75. The highest BCUT2D eigenvalue weighted by molar-refractivity contribution is 6.12. The molecule has 0 aliphatic heterocycles. The van der Waals surface area contributed by atoms with Gasteiger partial charge in [0.1, 0.15) is 0 Å². The first kappa shape index (κ1) is 52.1. The second-order valence-electron chi connectivity index (χ2n) is 21.7. The van der Waals surface area contributed by atoms with Crippen molar-refractivity contribution in [3.63, 3.8) is 0 Å². The van der Waals surface area contributed by atoms with E-state index < -0.39 is 0 Å². The molecule has 0 N–H and O–H groups in total. The summed E-state index contributed by atoms with van der Waals surface area (Å²) in [5.41, 5.74) is 20.7. The van der Waals surface area contributed by atoms with E-state index in [1.54, 1.807) is 0 Å². The Hall–Kier alpha value is -11.7. The molecule has 410 valence electrons. The van der Waals surface area contributed by atoms with E-state index in [2.05, 4.69) is 300 Å². The fourth-order valence-electron chi connectivity index (χ4n) is 12.4. The van der Waals surface area contributed by atoms with Gasteiger partial charge in [0, 0.05) is 72.1 Å². The summed E-state index contributed by atoms with van der Waals surface area (Å²) in [7, 11) is 0. The first-order valence-electron chi connectivity index (χ1n) is 29.3. The van der Waals surface area contributed by atoms with Gasteiger partial charge in [0.25, 0.3) is 0 Å². The van der Waals surface area contributed by atoms with Crippen LogP contribution in [0.4, 0.5) is 0 Å². The lowest BCUT2D eigenvalue weighted by Crippen LogP contribution is -2.04. The second-order valence-corrected chi connectivity index (χ2v) is 21.7. The topological polar surface area (TPSA) is 53.5 Å². The van der Waals surface area contributed by atoms with Crippen molar-refractivity contribution < 1.29 is 0 Å². The maximum absolute atomic E-state index is 5.54. The summed E-state index contributed by atoms with van der Waals surface area (Å²) < 4.78 is 7.19. The van der Waals surface area contributed by atoms with Crippen molar-refractivity contribution in [1.29, 1.82) is 0 Å². The van der Waals surface area contributed by atoms with Gasteiger partial charge in [-0.05, 0) is 137 Å². The van der Waals surface area contributed by atoms with Gasteiger partial charge < -0.3 is 13.7 Å². The standard InChI is InChI=1S/C81H56N6/c1-3-5-38-66-49-60-36-22-24-40-74(60)85(66)68-42-44-76-72(53-68)73-54-69(86-67(39-6-4-2)50-61-37-23-25-41-75(61)86)43-45-77(73)87(76)78-70(57-30-16-9-17-31-57)51-65(52-71(78)58-32-18-10-19-33-58)81-83-79(59-34-20-11-21-35-59)82-80(84-81)64-47-62(55-26-12-7-13-27-55)46-63(48-64)56-28-14-8-15-29-56/h3-54H,1-2H2/b38-5-,39-6-. The molecular weight excluding hydrogens is 1060 g/mol. The predicted octanol–water partition coefficient (Wildman–Crippen LogP) is 20.9. The number of fused-ring (bicyclic) bond motifs is 5. The molecule has 0 aliphatic rings. The highest BCUT2D eigenvalue weighted by atomic mass is 15.0. The molecule has 4 aromatic heterocycles. The van der Waals surface area contributed by atoms with Crippen LogP contribution in [0.2, 0.25) is 0 Å². The van der Waals surface area contributed by atoms with Gasteiger partial charge in [0.2, 0.25) is 0 Å². The summed E-state index contributed by atoms with van der Waals surface area (Å²) >= 11 is 0. The zero-order valence-electron chi connectivity index (χ0n) is 47.6. The number of aromatic nitrogens is 6. The Bertz CT molecular complexity index is 4890. The molecule has 0 bridgehead atoms. The minimum absolute atomic E-state index is 0.558. The molecule has 0 aliphatic carbocycles. The van der Waals surface area contributed by atoms with E-state index in [1.807, 2.05) is 42.5 Å². The minimum Gasteiger partial charge on any atom is -0.310 e. The predicted molar refractivity (Wildman–Crippen MR) is 364 cm³/mol. The first-order chi connectivity index (χ1) is 43.0. The fraction of sp³-hybridized carbons (Fsp3) is 0. The molecule has 6 heteroatoms. The Morgan fingerprint density at radius 1 is 0.276 bits per heavy atom. The van der Waals surface area contributed by atoms with Crippen LogP contribution < -0.4 is 0 Å². The number of hydrogen-bond acceptors (Lipinski definition) is 3. The van der Waals surface area contributed by atoms with Gasteiger partial charge >= 0.3 is 0 Å². The summed E-state index contributed by atoms with van der Waals surface area (Å²) in [6.07, 6.45) is 11.9. The Labute approximate surface area is 505 Å². The largest absolute Gasteiger partial charge is 0.310 e. The van der Waals surface area contributed by atoms with E-state index in [0.29, 0.717) is 17.5 Å². The molecule has 0 atom stereocenters. The SMILES string of the molecule is C=C/C=C\c1cc2ccccc2n1-c1ccc2c(c1)c1cc(-n3c(/C=C\C=C)cc4ccccc43)ccc1n2-c1c(-c2ccccc2)cc(-c2nc(-c3ccccc3)nc(-c3cc(-c4ccccc4)cc(-c4ccccc4)c3)n2)cc1-c1ccccc1. The third kappa shape index (κ3) is 9.67. The van der Waals surface area contributed by atoms with E-state index in [4.69, 9.17) is 15.0 Å². The first-order valence-corrected chi connectivity index (χ1v) is 29.3. The smallest absolute Gasteiger partial charge is 0.164 e. The molecule has 15 aromatic rings. The van der Waals surface area contributed by atoms with Crippen LogP contribution in [0.3, 0.4) is 0 Å². The molecule has 0 amide bonds. The molecule has 4 heterocycles. The van der Waals surface area contributed by atoms with Gasteiger partial charge in [0.15, 0.2) is 17.5 Å². The van der Waals surface area contributed by atoms with Crippen LogP contribution in [-0.2, 0) is 0 Å². The van der Waals surface area contributed by atoms with Crippen molar-refractivity contribution in [2.24, 2.45) is 0 Å². The minimum atomic E-state index is 0.558. The molecule has 0 saturated carbocycles. The Morgan fingerprint density at radius 2 is 0.632 bits per heavy atom. The van der Waals surface area contributed by atoms with Crippen LogP contribution >= 0.6 is 0 Å². The lowest BCUT2D eigenvalue weighted by atomic mass is 9.92. The Morgan fingerprint density at radius 3 is 1.06 bits per heavy atom. The van der Waals surface area contributed by atoms with Gasteiger partial charge in [-0.15, -0.1) is 0 Å². The van der Waals surface area contributed by atoms with E-state index in [-0.39, 0.29) is 0 Å². The molecule has 11 aromatic carbocycles. The third-order valence-electron chi connectivity index (χ3n) is 16.4. The molecule has 87 heavy (non-hydrogen) atoms. The van der Waals surface area contributed by atoms with E-state index in [0.717, 1.165) is 133 Å². The van der Waals surface area contributed by atoms with Crippen molar-refractivity contribution in [2.45, 2.75) is 0 Å². The van der Waals surface area contributed by atoms with Crippen LogP contribution in [0.25, 0.3) is 151 Å². The molecular formula is C81H56N6.